The second kappa shape index (κ2) is 11.7. The highest BCUT2D eigenvalue weighted by Gasteiger charge is 2.25. The molecule has 9 rings (SSSR count). The monoisotopic (exact) mass is 626 g/mol. The molecular weight excluding hydrogens is 607 g/mol. The first kappa shape index (κ1) is 31.8. The van der Waals surface area contributed by atoms with Gasteiger partial charge in [0, 0.05) is 10.8 Å². The molecule has 0 saturated heterocycles. The van der Waals surface area contributed by atoms with Gasteiger partial charge in [0.05, 0.1) is 0 Å². The van der Waals surface area contributed by atoms with Gasteiger partial charge in [-0.25, -0.2) is 0 Å². The molecule has 16 radical (unpaired) electrons. The summed E-state index contributed by atoms with van der Waals surface area (Å²) in [6.07, 6.45) is 0. The summed E-state index contributed by atoms with van der Waals surface area (Å²) in [7, 11) is 54.3. The average Bonchev–Trinajstić information content (AvgIpc) is 3.54. The minimum Gasteiger partial charge on any atom is -0.456 e. The fourth-order valence-electron chi connectivity index (χ4n) is 7.71. The van der Waals surface area contributed by atoms with Crippen molar-refractivity contribution in [2.24, 2.45) is 0 Å². The number of benzene rings is 8. The molecule has 0 amide bonds. The molecular formula is C42H18B8O. The molecule has 1 nitrogen and oxygen atoms in total. The van der Waals surface area contributed by atoms with E-state index >= 15 is 0 Å². The molecule has 216 valence electrons. The van der Waals surface area contributed by atoms with Gasteiger partial charge in [-0.1, -0.05) is 107 Å². The van der Waals surface area contributed by atoms with Crippen molar-refractivity contribution in [3.8, 4) is 33.4 Å². The first-order valence-corrected chi connectivity index (χ1v) is 16.4. The molecule has 0 bridgehead atoms. The van der Waals surface area contributed by atoms with E-state index in [9.17, 15) is 0 Å². The normalized spacial score (nSPS) is 11.8. The Labute approximate surface area is 306 Å². The third kappa shape index (κ3) is 4.60. The maximum absolute atomic E-state index is 6.99. The van der Waals surface area contributed by atoms with Gasteiger partial charge in [-0.15, -0.1) is 21.9 Å². The van der Waals surface area contributed by atoms with Crippen LogP contribution >= 0.6 is 0 Å². The summed E-state index contributed by atoms with van der Waals surface area (Å²) in [6, 6.07) is 36.4. The molecule has 9 heteroatoms. The Bertz CT molecular complexity index is 2880. The highest BCUT2D eigenvalue weighted by molar-refractivity contribution is 6.71. The van der Waals surface area contributed by atoms with Crippen LogP contribution in [0, 0.1) is 0 Å². The Hall–Kier alpha value is -5.14. The molecule has 8 aromatic carbocycles. The van der Waals surface area contributed by atoms with Crippen LogP contribution in [0.1, 0.15) is 0 Å². The number of hydrogen-bond donors (Lipinski definition) is 0. The zero-order valence-corrected chi connectivity index (χ0v) is 27.4. The minimum atomic E-state index is 0.174. The van der Waals surface area contributed by atoms with Gasteiger partial charge in [-0.3, -0.25) is 0 Å². The number of fused-ring (bicyclic) bond motifs is 6. The Morgan fingerprint density at radius 2 is 0.824 bits per heavy atom. The fraction of sp³-hybridized carbons (Fsp3) is 0. The van der Waals surface area contributed by atoms with Crippen LogP contribution in [0.15, 0.2) is 114 Å². The topological polar surface area (TPSA) is 13.1 Å². The maximum atomic E-state index is 6.99. The highest BCUT2D eigenvalue weighted by Crippen LogP contribution is 2.43. The van der Waals surface area contributed by atoms with Crippen LogP contribution in [0.4, 0.5) is 0 Å². The van der Waals surface area contributed by atoms with Gasteiger partial charge in [-0.05, 0) is 90.0 Å². The molecule has 0 unspecified atom stereocenters. The smallest absolute Gasteiger partial charge is 0.135 e. The summed E-state index contributed by atoms with van der Waals surface area (Å²) in [5.41, 5.74) is 8.32. The number of furan rings is 1. The summed E-state index contributed by atoms with van der Waals surface area (Å²) in [4.78, 5) is 0. The molecule has 0 fully saturated rings. The Balaban J connectivity index is 1.46. The van der Waals surface area contributed by atoms with Crippen LogP contribution in [0.25, 0.3) is 87.6 Å². The van der Waals surface area contributed by atoms with Crippen LogP contribution in [0.3, 0.4) is 0 Å². The van der Waals surface area contributed by atoms with Crippen molar-refractivity contribution in [2.45, 2.75) is 0 Å². The zero-order valence-electron chi connectivity index (χ0n) is 27.4. The summed E-state index contributed by atoms with van der Waals surface area (Å²) >= 11 is 0. The van der Waals surface area contributed by atoms with Gasteiger partial charge in [0.1, 0.15) is 73.9 Å². The van der Waals surface area contributed by atoms with Crippen LogP contribution in [-0.2, 0) is 0 Å². The van der Waals surface area contributed by atoms with E-state index in [0.717, 1.165) is 55.0 Å². The van der Waals surface area contributed by atoms with Crippen molar-refractivity contribution < 1.29 is 4.42 Å². The van der Waals surface area contributed by atoms with Crippen molar-refractivity contribution in [3.05, 3.63) is 109 Å². The standard InChI is InChI=1S/C42H18B8O/c43-35-31-29(22-10-5-9-20(17-22)21-15-16-28-26(18-21)24-12-3-4-14-27(24)51-28)32-34(38(46)42(50)40(48)36(32)44)30(33(31)37(45)41(49)39(35)47)25-13-6-8-19-7-1-2-11-23(19)25/h1-18H. The molecule has 0 N–H and O–H groups in total. The van der Waals surface area contributed by atoms with Crippen molar-refractivity contribution in [1.29, 1.82) is 0 Å². The number of rotatable bonds is 3. The predicted molar refractivity (Wildman–Crippen MR) is 226 cm³/mol. The van der Waals surface area contributed by atoms with E-state index in [1.165, 1.54) is 0 Å². The SMILES string of the molecule is [B]c1c([B])c([B])c2c(-c3cccc4ccccc34)c3c([B])c([B])c([B])c([B])c3c(-c3cccc(-c4ccc5oc6ccccc6c5c4)c3)c2c1[B]. The molecule has 0 saturated carbocycles. The van der Waals surface area contributed by atoms with Gasteiger partial charge >= 0.3 is 0 Å². The lowest BCUT2D eigenvalue weighted by Gasteiger charge is -2.29. The summed E-state index contributed by atoms with van der Waals surface area (Å²) in [6.45, 7) is 0. The molecule has 1 aromatic heterocycles. The van der Waals surface area contributed by atoms with Crippen LogP contribution in [-0.4, -0.2) is 62.8 Å². The number of hydrogen-bond acceptors (Lipinski definition) is 1. The molecule has 0 spiro atoms. The molecule has 0 aliphatic heterocycles. The Morgan fingerprint density at radius 3 is 1.49 bits per heavy atom. The largest absolute Gasteiger partial charge is 0.456 e. The molecule has 0 atom stereocenters. The maximum Gasteiger partial charge on any atom is 0.135 e. The van der Waals surface area contributed by atoms with Crippen molar-refractivity contribution in [3.63, 3.8) is 0 Å². The molecule has 51 heavy (non-hydrogen) atoms. The second-order valence-electron chi connectivity index (χ2n) is 13.0. The van der Waals surface area contributed by atoms with Gasteiger partial charge < -0.3 is 4.42 Å². The predicted octanol–water partition coefficient (Wildman–Crippen LogP) is 2.40. The lowest BCUT2D eigenvalue weighted by atomic mass is 9.59. The van der Waals surface area contributed by atoms with Crippen molar-refractivity contribution in [2.75, 3.05) is 0 Å². The van der Waals surface area contributed by atoms with Crippen molar-refractivity contribution in [1.82, 2.24) is 0 Å². The van der Waals surface area contributed by atoms with E-state index < -0.39 is 0 Å². The summed E-state index contributed by atoms with van der Waals surface area (Å²) in [5, 5.41) is 6.37. The quantitative estimate of drug-likeness (QED) is 0.218. The average molecular weight is 625 g/mol. The summed E-state index contributed by atoms with van der Waals surface area (Å²) < 4.78 is 6.10. The molecule has 1 heterocycles. The minimum absolute atomic E-state index is 0.174. The van der Waals surface area contributed by atoms with E-state index in [2.05, 4.69) is 24.3 Å². The molecule has 0 aliphatic rings. The third-order valence-corrected chi connectivity index (χ3v) is 10.2. The van der Waals surface area contributed by atoms with Crippen molar-refractivity contribution >= 4 is 161 Å². The van der Waals surface area contributed by atoms with Crippen LogP contribution in [0.5, 0.6) is 0 Å². The highest BCUT2D eigenvalue weighted by atomic mass is 16.3. The second-order valence-corrected chi connectivity index (χ2v) is 13.0. The van der Waals surface area contributed by atoms with Gasteiger partial charge in [0.15, 0.2) is 0 Å². The van der Waals surface area contributed by atoms with E-state index in [1.807, 2.05) is 84.9 Å². The van der Waals surface area contributed by atoms with E-state index in [-0.39, 0.29) is 43.7 Å². The molecule has 0 aliphatic carbocycles. The first-order chi connectivity index (χ1) is 24.7. The van der Waals surface area contributed by atoms with Gasteiger partial charge in [0.2, 0.25) is 0 Å². The van der Waals surface area contributed by atoms with Gasteiger partial charge in [-0.2, -0.15) is 0 Å². The lowest BCUT2D eigenvalue weighted by Crippen LogP contribution is -2.50. The van der Waals surface area contributed by atoms with E-state index in [4.69, 9.17) is 67.2 Å². The lowest BCUT2D eigenvalue weighted by molar-refractivity contribution is 0.669. The van der Waals surface area contributed by atoms with Crippen LogP contribution in [0.2, 0.25) is 0 Å². The van der Waals surface area contributed by atoms with E-state index in [1.54, 1.807) is 0 Å². The fourth-order valence-corrected chi connectivity index (χ4v) is 7.71. The van der Waals surface area contributed by atoms with Gasteiger partial charge in [0.25, 0.3) is 0 Å². The molecule has 9 aromatic rings. The summed E-state index contributed by atoms with van der Waals surface area (Å²) in [5.74, 6) is 0. The first-order valence-electron chi connectivity index (χ1n) is 16.4. The third-order valence-electron chi connectivity index (χ3n) is 10.2. The zero-order chi connectivity index (χ0) is 35.3. The van der Waals surface area contributed by atoms with Crippen LogP contribution < -0.4 is 43.7 Å². The van der Waals surface area contributed by atoms with E-state index in [0.29, 0.717) is 32.7 Å². The number of para-hydroxylation sites is 1. The Morgan fingerprint density at radius 1 is 0.333 bits per heavy atom. The Kier molecular flexibility index (Phi) is 7.30.